The number of piperazine rings is 1. The van der Waals surface area contributed by atoms with E-state index in [1.54, 1.807) is 4.90 Å². The third-order valence-corrected chi connectivity index (χ3v) is 9.43. The molecule has 1 aliphatic carbocycles. The van der Waals surface area contributed by atoms with Gasteiger partial charge < -0.3 is 24.3 Å². The summed E-state index contributed by atoms with van der Waals surface area (Å²) in [6.07, 6.45) is 6.01. The van der Waals surface area contributed by atoms with E-state index in [0.717, 1.165) is 36.0 Å². The van der Waals surface area contributed by atoms with Crippen molar-refractivity contribution < 1.29 is 9.53 Å². The van der Waals surface area contributed by atoms with Crippen LogP contribution in [0.25, 0.3) is 15.6 Å². The van der Waals surface area contributed by atoms with Gasteiger partial charge in [0.1, 0.15) is 11.9 Å². The van der Waals surface area contributed by atoms with Crippen LogP contribution in [0.3, 0.4) is 0 Å². The molecule has 0 radical (unpaired) electrons. The van der Waals surface area contributed by atoms with Gasteiger partial charge in [0.2, 0.25) is 12.5 Å². The lowest BCUT2D eigenvalue weighted by molar-refractivity contribution is -0.128. The highest BCUT2D eigenvalue weighted by Gasteiger charge is 2.35. The quantitative estimate of drug-likeness (QED) is 0.268. The predicted molar refractivity (Wildman–Crippen MR) is 167 cm³/mol. The molecule has 2 atom stereocenters. The minimum atomic E-state index is -0.214. The fourth-order valence-electron chi connectivity index (χ4n) is 6.76. The maximum absolute atomic E-state index is 12.5. The molecule has 1 unspecified atom stereocenters. The summed E-state index contributed by atoms with van der Waals surface area (Å²) in [6.45, 7) is 19.7. The Labute approximate surface area is 248 Å². The van der Waals surface area contributed by atoms with Crippen molar-refractivity contribution in [2.24, 2.45) is 11.8 Å². The lowest BCUT2D eigenvalue weighted by Crippen LogP contribution is -2.56. The maximum atomic E-state index is 12.5. The molecule has 3 heterocycles. The normalized spacial score (nSPS) is 19.5. The van der Waals surface area contributed by atoms with Crippen molar-refractivity contribution in [2.45, 2.75) is 52.1 Å². The summed E-state index contributed by atoms with van der Waals surface area (Å²) >= 11 is 0. The summed E-state index contributed by atoms with van der Waals surface area (Å²) in [7, 11) is 0. The molecule has 8 nitrogen and oxygen atoms in total. The molecule has 1 saturated carbocycles. The molecule has 3 aliphatic rings. The van der Waals surface area contributed by atoms with E-state index in [-0.39, 0.29) is 18.5 Å². The van der Waals surface area contributed by atoms with Gasteiger partial charge in [0.15, 0.2) is 0 Å². The summed E-state index contributed by atoms with van der Waals surface area (Å²) in [6, 6.07) is 13.2. The Morgan fingerprint density at radius 3 is 2.71 bits per heavy atom. The van der Waals surface area contributed by atoms with Crippen molar-refractivity contribution in [3.63, 3.8) is 0 Å². The zero-order valence-corrected chi connectivity index (χ0v) is 24.8. The number of fused-ring (bicyclic) bond motifs is 2. The van der Waals surface area contributed by atoms with Crippen LogP contribution in [0.15, 0.2) is 49.1 Å². The Morgan fingerprint density at radius 1 is 1.17 bits per heavy atom. The van der Waals surface area contributed by atoms with Gasteiger partial charge in [-0.3, -0.25) is 4.79 Å². The molecule has 2 fully saturated rings. The van der Waals surface area contributed by atoms with E-state index in [9.17, 15) is 4.79 Å². The molecule has 2 aromatic carbocycles. The second-order valence-electron chi connectivity index (χ2n) is 12.0. The van der Waals surface area contributed by atoms with Crippen LogP contribution in [0.2, 0.25) is 0 Å². The molecule has 1 saturated heterocycles. The molecule has 42 heavy (non-hydrogen) atoms. The van der Waals surface area contributed by atoms with Gasteiger partial charge in [-0.15, -0.1) is 0 Å². The van der Waals surface area contributed by atoms with Crippen LogP contribution < -0.4 is 14.5 Å². The van der Waals surface area contributed by atoms with E-state index in [1.807, 2.05) is 0 Å². The van der Waals surface area contributed by atoms with Crippen LogP contribution in [-0.2, 0) is 17.8 Å². The molecule has 2 aliphatic heterocycles. The smallest absolute Gasteiger partial charge is 0.318 e. The Hall–Kier alpha value is -4.12. The molecule has 1 amide bonds. The van der Waals surface area contributed by atoms with Crippen LogP contribution in [0.1, 0.15) is 43.0 Å². The van der Waals surface area contributed by atoms with Crippen molar-refractivity contribution in [1.82, 2.24) is 14.9 Å². The number of carbonyl (C=O) groups excluding carboxylic acids is 1. The standard InChI is InChI=1S/C34H40N6O2/c1-5-31(41)40-18-17-39(20-27(40)19-35-4)33-28-15-16-38(30-14-8-13-26-12-6-9-23(2)32(26)30)21-29(28)36-34(37-33)42-22-24(3)25-10-7-11-25/h5-6,8-9,12-14,24-25,27H,1,7,10-11,15-22H2,2-3H3/t24?,27-/m0/s1. The van der Waals surface area contributed by atoms with Crippen molar-refractivity contribution in [3.05, 3.63) is 77.3 Å². The number of rotatable bonds is 8. The van der Waals surface area contributed by atoms with Crippen LogP contribution in [0, 0.1) is 25.3 Å². The zero-order valence-electron chi connectivity index (χ0n) is 24.8. The van der Waals surface area contributed by atoms with Gasteiger partial charge in [-0.1, -0.05) is 63.1 Å². The lowest BCUT2D eigenvalue weighted by atomic mass is 9.77. The van der Waals surface area contributed by atoms with E-state index >= 15 is 0 Å². The highest BCUT2D eigenvalue weighted by molar-refractivity contribution is 5.97. The van der Waals surface area contributed by atoms with Gasteiger partial charge in [0.05, 0.1) is 18.8 Å². The first kappa shape index (κ1) is 28.0. The van der Waals surface area contributed by atoms with E-state index in [4.69, 9.17) is 21.3 Å². The van der Waals surface area contributed by atoms with E-state index in [2.05, 4.69) is 71.5 Å². The van der Waals surface area contributed by atoms with Crippen molar-refractivity contribution in [1.29, 1.82) is 0 Å². The number of hydrogen-bond donors (Lipinski definition) is 0. The number of aryl methyl sites for hydroxylation is 1. The zero-order chi connectivity index (χ0) is 29.2. The number of hydrogen-bond acceptors (Lipinski definition) is 6. The largest absolute Gasteiger partial charge is 0.463 e. The second-order valence-corrected chi connectivity index (χ2v) is 12.0. The van der Waals surface area contributed by atoms with Crippen LogP contribution in [0.5, 0.6) is 6.01 Å². The van der Waals surface area contributed by atoms with Gasteiger partial charge in [0.25, 0.3) is 0 Å². The average molecular weight is 565 g/mol. The molecule has 8 heteroatoms. The van der Waals surface area contributed by atoms with Gasteiger partial charge >= 0.3 is 6.01 Å². The predicted octanol–water partition coefficient (Wildman–Crippen LogP) is 5.44. The van der Waals surface area contributed by atoms with Gasteiger partial charge in [0, 0.05) is 42.8 Å². The van der Waals surface area contributed by atoms with Crippen molar-refractivity contribution in [3.8, 4) is 6.01 Å². The van der Waals surface area contributed by atoms with Crippen LogP contribution in [-0.4, -0.2) is 66.1 Å². The number of amides is 1. The molecular weight excluding hydrogens is 524 g/mol. The molecular formula is C34H40N6O2. The Morgan fingerprint density at radius 2 is 1.98 bits per heavy atom. The number of nitrogens with zero attached hydrogens (tertiary/aromatic N) is 6. The number of aromatic nitrogens is 2. The molecule has 218 valence electrons. The second kappa shape index (κ2) is 12.0. The summed E-state index contributed by atoms with van der Waals surface area (Å²) in [5.41, 5.74) is 4.64. The molecule has 1 aromatic heterocycles. The summed E-state index contributed by atoms with van der Waals surface area (Å²) < 4.78 is 6.31. The third kappa shape index (κ3) is 5.40. The number of anilines is 2. The van der Waals surface area contributed by atoms with Crippen molar-refractivity contribution in [2.75, 3.05) is 49.1 Å². The number of benzene rings is 2. The first-order valence-corrected chi connectivity index (χ1v) is 15.2. The monoisotopic (exact) mass is 564 g/mol. The highest BCUT2D eigenvalue weighted by Crippen LogP contribution is 2.37. The Kier molecular flexibility index (Phi) is 8.01. The maximum Gasteiger partial charge on any atom is 0.318 e. The molecule has 6 rings (SSSR count). The molecule has 0 N–H and O–H groups in total. The molecule has 0 bridgehead atoms. The van der Waals surface area contributed by atoms with Crippen LogP contribution >= 0.6 is 0 Å². The average Bonchev–Trinajstić information content (AvgIpc) is 2.98. The highest BCUT2D eigenvalue weighted by atomic mass is 16.5. The lowest BCUT2D eigenvalue weighted by Gasteiger charge is -2.41. The van der Waals surface area contributed by atoms with Crippen LogP contribution in [0.4, 0.5) is 11.5 Å². The SMILES string of the molecule is [C-]#[N+]C[C@H]1CN(c2nc(OCC(C)C3CCC3)nc3c2CCN(c2cccc4cccc(C)c24)C3)CCN1C(=O)C=C. The van der Waals surface area contributed by atoms with Gasteiger partial charge in [-0.25, -0.2) is 6.57 Å². The minimum Gasteiger partial charge on any atom is -0.463 e. The number of ether oxygens (including phenoxy) is 1. The first-order chi connectivity index (χ1) is 20.5. The molecule has 3 aromatic rings. The third-order valence-electron chi connectivity index (χ3n) is 9.43. The van der Waals surface area contributed by atoms with E-state index in [1.165, 1.54) is 47.4 Å². The van der Waals surface area contributed by atoms with E-state index < -0.39 is 0 Å². The summed E-state index contributed by atoms with van der Waals surface area (Å²) in [4.78, 5) is 32.6. The topological polar surface area (TPSA) is 66.2 Å². The Balaban J connectivity index is 1.33. The fraction of sp³-hybridized carbons (Fsp3) is 0.471. The van der Waals surface area contributed by atoms with Crippen molar-refractivity contribution >= 4 is 28.2 Å². The minimum absolute atomic E-state index is 0.122. The summed E-state index contributed by atoms with van der Waals surface area (Å²) in [5, 5.41) is 2.53. The first-order valence-electron chi connectivity index (χ1n) is 15.2. The summed E-state index contributed by atoms with van der Waals surface area (Å²) in [5.74, 6) is 1.95. The fourth-order valence-corrected chi connectivity index (χ4v) is 6.76. The van der Waals surface area contributed by atoms with Gasteiger partial charge in [-0.2, -0.15) is 9.97 Å². The van der Waals surface area contributed by atoms with E-state index in [0.29, 0.717) is 44.7 Å². The number of carbonyl (C=O) groups is 1. The van der Waals surface area contributed by atoms with Gasteiger partial charge in [-0.05, 0) is 48.3 Å². The molecule has 0 spiro atoms. The Bertz CT molecular complexity index is 1520.